The maximum absolute atomic E-state index is 12.9. The summed E-state index contributed by atoms with van der Waals surface area (Å²) in [4.78, 5) is 28.1. The second-order valence-corrected chi connectivity index (χ2v) is 7.83. The minimum Gasteiger partial charge on any atom is -0.369 e. The first-order chi connectivity index (χ1) is 12.6. The van der Waals surface area contributed by atoms with Gasteiger partial charge in [0, 0.05) is 19.6 Å². The van der Waals surface area contributed by atoms with Crippen LogP contribution in [0.15, 0.2) is 30.3 Å². The summed E-state index contributed by atoms with van der Waals surface area (Å²) >= 11 is 0. The second kappa shape index (κ2) is 9.17. The molecule has 2 fully saturated rings. The summed E-state index contributed by atoms with van der Waals surface area (Å²) < 4.78 is 0. The Balaban J connectivity index is 1.42. The lowest BCUT2D eigenvalue weighted by Crippen LogP contribution is -2.48. The zero-order valence-corrected chi connectivity index (χ0v) is 15.6. The number of carbonyl (C=O) groups excluding carboxylic acids is 2. The lowest BCUT2D eigenvalue weighted by molar-refractivity contribution is -0.139. The third kappa shape index (κ3) is 5.31. The zero-order valence-electron chi connectivity index (χ0n) is 15.6. The van der Waals surface area contributed by atoms with Crippen molar-refractivity contribution >= 4 is 11.8 Å². The Hall–Kier alpha value is -1.88. The lowest BCUT2D eigenvalue weighted by atomic mass is 9.89. The van der Waals surface area contributed by atoms with E-state index in [0.717, 1.165) is 57.7 Å². The summed E-state index contributed by atoms with van der Waals surface area (Å²) in [6.45, 7) is 3.57. The van der Waals surface area contributed by atoms with Crippen LogP contribution in [-0.4, -0.2) is 54.3 Å². The average Bonchev–Trinajstić information content (AvgIpc) is 2.67. The van der Waals surface area contributed by atoms with Crippen LogP contribution in [0, 0.1) is 11.8 Å². The van der Waals surface area contributed by atoms with E-state index in [9.17, 15) is 9.59 Å². The van der Waals surface area contributed by atoms with Crippen LogP contribution in [0.2, 0.25) is 0 Å². The Morgan fingerprint density at radius 3 is 2.46 bits per heavy atom. The van der Waals surface area contributed by atoms with Crippen LogP contribution in [0.1, 0.15) is 37.7 Å². The fourth-order valence-electron chi connectivity index (χ4n) is 4.34. The molecule has 0 aromatic heterocycles. The van der Waals surface area contributed by atoms with Gasteiger partial charge in [-0.05, 0) is 56.6 Å². The first kappa shape index (κ1) is 18.9. The lowest BCUT2D eigenvalue weighted by Gasteiger charge is -2.37. The maximum Gasteiger partial charge on any atom is 0.231 e. The molecule has 0 aliphatic carbocycles. The van der Waals surface area contributed by atoms with Crippen molar-refractivity contribution < 1.29 is 9.59 Å². The van der Waals surface area contributed by atoms with Gasteiger partial charge in [0.2, 0.25) is 11.8 Å². The molecule has 2 aliphatic rings. The quantitative estimate of drug-likeness (QED) is 0.847. The van der Waals surface area contributed by atoms with Crippen LogP contribution in [-0.2, 0) is 16.0 Å². The average molecular weight is 357 g/mol. The van der Waals surface area contributed by atoms with Crippen molar-refractivity contribution in [3.63, 3.8) is 0 Å². The van der Waals surface area contributed by atoms with Crippen molar-refractivity contribution in [1.82, 2.24) is 9.80 Å². The van der Waals surface area contributed by atoms with Crippen LogP contribution in [0.25, 0.3) is 0 Å². The van der Waals surface area contributed by atoms with Crippen LogP contribution in [0.5, 0.6) is 0 Å². The predicted octanol–water partition coefficient (Wildman–Crippen LogP) is 2.06. The van der Waals surface area contributed by atoms with Crippen molar-refractivity contribution in [2.75, 3.05) is 32.7 Å². The molecule has 0 bridgehead atoms. The topological polar surface area (TPSA) is 66.6 Å². The molecule has 1 aromatic carbocycles. The van der Waals surface area contributed by atoms with Gasteiger partial charge >= 0.3 is 0 Å². The molecular formula is C21H31N3O2. The van der Waals surface area contributed by atoms with E-state index in [1.165, 1.54) is 12.0 Å². The van der Waals surface area contributed by atoms with E-state index in [0.29, 0.717) is 6.54 Å². The number of piperidine rings is 2. The van der Waals surface area contributed by atoms with E-state index >= 15 is 0 Å². The second-order valence-electron chi connectivity index (χ2n) is 7.83. The van der Waals surface area contributed by atoms with Gasteiger partial charge in [0.05, 0.1) is 12.5 Å². The number of carbonyl (C=O) groups is 2. The van der Waals surface area contributed by atoms with E-state index in [2.05, 4.69) is 35.2 Å². The minimum absolute atomic E-state index is 0.0315. The highest BCUT2D eigenvalue weighted by molar-refractivity contribution is 5.79. The summed E-state index contributed by atoms with van der Waals surface area (Å²) in [6.07, 6.45) is 6.46. The molecule has 3 rings (SSSR count). The Labute approximate surface area is 156 Å². The summed E-state index contributed by atoms with van der Waals surface area (Å²) in [7, 11) is 0. The third-order valence-electron chi connectivity index (χ3n) is 5.84. The number of benzene rings is 1. The van der Waals surface area contributed by atoms with Crippen LogP contribution < -0.4 is 5.73 Å². The van der Waals surface area contributed by atoms with Crippen molar-refractivity contribution in [2.45, 2.75) is 38.5 Å². The number of hydrogen-bond donors (Lipinski definition) is 1. The van der Waals surface area contributed by atoms with E-state index < -0.39 is 0 Å². The fraction of sp³-hybridized carbons (Fsp3) is 0.619. The van der Waals surface area contributed by atoms with Crippen molar-refractivity contribution in [3.8, 4) is 0 Å². The van der Waals surface area contributed by atoms with Gasteiger partial charge in [-0.3, -0.25) is 14.5 Å². The van der Waals surface area contributed by atoms with Gasteiger partial charge in [-0.15, -0.1) is 0 Å². The standard InChI is InChI=1S/C21H31N3O2/c22-20(25)16-23-12-4-7-19(15-23)21(26)24-13-10-18(11-14-24)9-8-17-5-2-1-3-6-17/h1-3,5-6,18-19H,4,7-16H2,(H2,22,25)/t19-/m1/s1. The number of hydrogen-bond acceptors (Lipinski definition) is 3. The zero-order chi connectivity index (χ0) is 18.4. The van der Waals surface area contributed by atoms with E-state index in [4.69, 9.17) is 5.73 Å². The Morgan fingerprint density at radius 2 is 1.77 bits per heavy atom. The smallest absolute Gasteiger partial charge is 0.231 e. The molecule has 0 spiro atoms. The number of primary amides is 1. The van der Waals surface area contributed by atoms with Crippen molar-refractivity contribution in [2.24, 2.45) is 17.6 Å². The molecule has 2 aliphatic heterocycles. The molecule has 0 radical (unpaired) electrons. The Kier molecular flexibility index (Phi) is 6.67. The number of rotatable bonds is 6. The minimum atomic E-state index is -0.308. The van der Waals surface area contributed by atoms with Crippen molar-refractivity contribution in [1.29, 1.82) is 0 Å². The number of likely N-dealkylation sites (tertiary alicyclic amines) is 2. The molecule has 0 saturated carbocycles. The Morgan fingerprint density at radius 1 is 1.04 bits per heavy atom. The van der Waals surface area contributed by atoms with Gasteiger partial charge in [0.15, 0.2) is 0 Å². The summed E-state index contributed by atoms with van der Waals surface area (Å²) in [5, 5.41) is 0. The molecule has 1 aromatic rings. The number of nitrogens with two attached hydrogens (primary N) is 1. The molecule has 26 heavy (non-hydrogen) atoms. The summed E-state index contributed by atoms with van der Waals surface area (Å²) in [6, 6.07) is 10.6. The number of aryl methyl sites for hydroxylation is 1. The summed E-state index contributed by atoms with van der Waals surface area (Å²) in [5.41, 5.74) is 6.70. The molecule has 1 atom stereocenters. The highest BCUT2D eigenvalue weighted by atomic mass is 16.2. The van der Waals surface area contributed by atoms with Crippen molar-refractivity contribution in [3.05, 3.63) is 35.9 Å². The molecule has 5 nitrogen and oxygen atoms in total. The SMILES string of the molecule is NC(=O)CN1CCC[C@@H](C(=O)N2CCC(CCc3ccccc3)CC2)C1. The predicted molar refractivity (Wildman–Crippen MR) is 102 cm³/mol. The molecule has 2 amide bonds. The van der Waals surface area contributed by atoms with Gasteiger partial charge in [-0.25, -0.2) is 0 Å². The molecule has 142 valence electrons. The number of amides is 2. The maximum atomic E-state index is 12.9. The molecule has 2 saturated heterocycles. The van der Waals surface area contributed by atoms with E-state index in [1.54, 1.807) is 0 Å². The summed E-state index contributed by atoms with van der Waals surface area (Å²) in [5.74, 6) is 0.721. The first-order valence-corrected chi connectivity index (χ1v) is 9.95. The third-order valence-corrected chi connectivity index (χ3v) is 5.84. The highest BCUT2D eigenvalue weighted by Crippen LogP contribution is 2.25. The van der Waals surface area contributed by atoms with Gasteiger partial charge in [-0.2, -0.15) is 0 Å². The van der Waals surface area contributed by atoms with Gasteiger partial charge < -0.3 is 10.6 Å². The molecule has 0 unspecified atom stereocenters. The van der Waals surface area contributed by atoms with Crippen LogP contribution in [0.3, 0.4) is 0 Å². The molecular weight excluding hydrogens is 326 g/mol. The monoisotopic (exact) mass is 357 g/mol. The highest BCUT2D eigenvalue weighted by Gasteiger charge is 2.31. The van der Waals surface area contributed by atoms with Gasteiger partial charge in [0.1, 0.15) is 0 Å². The van der Waals surface area contributed by atoms with E-state index in [-0.39, 0.29) is 24.3 Å². The van der Waals surface area contributed by atoms with Gasteiger partial charge in [-0.1, -0.05) is 30.3 Å². The number of nitrogens with zero attached hydrogens (tertiary/aromatic N) is 2. The van der Waals surface area contributed by atoms with E-state index in [1.807, 2.05) is 4.90 Å². The van der Waals surface area contributed by atoms with Crippen LogP contribution >= 0.6 is 0 Å². The largest absolute Gasteiger partial charge is 0.369 e. The molecule has 5 heteroatoms. The molecule has 2 N–H and O–H groups in total. The molecule has 2 heterocycles. The Bertz CT molecular complexity index is 597. The normalized spacial score (nSPS) is 22.3. The first-order valence-electron chi connectivity index (χ1n) is 9.95. The van der Waals surface area contributed by atoms with Gasteiger partial charge in [0.25, 0.3) is 0 Å². The fourth-order valence-corrected chi connectivity index (χ4v) is 4.34. The van der Waals surface area contributed by atoms with Crippen LogP contribution in [0.4, 0.5) is 0 Å².